The molecule has 0 aliphatic rings. The second kappa shape index (κ2) is 6.00. The van der Waals surface area contributed by atoms with Gasteiger partial charge in [-0.05, 0) is 13.0 Å². The number of allylic oxidation sites excluding steroid dienone is 2. The monoisotopic (exact) mass is 254 g/mol. The van der Waals surface area contributed by atoms with Gasteiger partial charge < -0.3 is 10.1 Å². The number of halogens is 2. The van der Waals surface area contributed by atoms with E-state index in [1.807, 2.05) is 0 Å². The smallest absolute Gasteiger partial charge is 0.280 e. The first-order valence-electron chi connectivity index (χ1n) is 5.13. The van der Waals surface area contributed by atoms with Gasteiger partial charge in [0.15, 0.2) is 5.78 Å². The van der Waals surface area contributed by atoms with E-state index >= 15 is 0 Å². The summed E-state index contributed by atoms with van der Waals surface area (Å²) < 4.78 is 30.4. The number of aromatic nitrogens is 1. The number of rotatable bonds is 5. The Labute approximate surface area is 103 Å². The second-order valence-corrected chi connectivity index (χ2v) is 3.41. The predicted molar refractivity (Wildman–Crippen MR) is 62.4 cm³/mol. The first-order chi connectivity index (χ1) is 8.47. The van der Waals surface area contributed by atoms with Gasteiger partial charge >= 0.3 is 0 Å². The molecule has 4 nitrogen and oxygen atoms in total. The Hall–Kier alpha value is -2.11. The van der Waals surface area contributed by atoms with Gasteiger partial charge in [-0.1, -0.05) is 0 Å². The van der Waals surface area contributed by atoms with Crippen LogP contribution < -0.4 is 4.74 Å². The minimum absolute atomic E-state index is 0.0575. The summed E-state index contributed by atoms with van der Waals surface area (Å²) >= 11 is 0. The number of ketones is 1. The summed E-state index contributed by atoms with van der Waals surface area (Å²) in [5.41, 5.74) is -0.624. The summed E-state index contributed by atoms with van der Waals surface area (Å²) in [5, 5.41) is 7.04. The molecular weight excluding hydrogens is 242 g/mol. The molecule has 96 valence electrons. The lowest BCUT2D eigenvalue weighted by molar-refractivity contribution is 0.101. The van der Waals surface area contributed by atoms with E-state index in [-0.39, 0.29) is 17.2 Å². The van der Waals surface area contributed by atoms with Gasteiger partial charge in [-0.25, -0.2) is 13.8 Å². The number of nitrogens with one attached hydrogen (secondary N) is 1. The van der Waals surface area contributed by atoms with Gasteiger partial charge in [0.1, 0.15) is 22.9 Å². The molecule has 1 aromatic rings. The molecule has 6 heteroatoms. The van der Waals surface area contributed by atoms with Gasteiger partial charge in [-0.15, -0.1) is 0 Å². The fourth-order valence-corrected chi connectivity index (χ4v) is 1.18. The highest BCUT2D eigenvalue weighted by Crippen LogP contribution is 2.23. The Morgan fingerprint density at radius 2 is 2.17 bits per heavy atom. The van der Waals surface area contributed by atoms with Crippen molar-refractivity contribution in [3.05, 3.63) is 35.4 Å². The van der Waals surface area contributed by atoms with Gasteiger partial charge in [-0.2, -0.15) is 0 Å². The molecule has 1 N–H and O–H groups in total. The number of carbonyl (C=O) groups is 1. The van der Waals surface area contributed by atoms with Crippen LogP contribution in [0, 0.1) is 5.41 Å². The number of hydrogen-bond acceptors (Lipinski definition) is 4. The predicted octanol–water partition coefficient (Wildman–Crippen LogP) is 3.15. The number of carbonyl (C=O) groups excluding carboxylic acids is 1. The highest BCUT2D eigenvalue weighted by atomic mass is 19.3. The highest BCUT2D eigenvalue weighted by molar-refractivity contribution is 5.92. The summed E-state index contributed by atoms with van der Waals surface area (Å²) in [6, 6.07) is 2.31. The Bertz CT molecular complexity index is 499. The summed E-state index contributed by atoms with van der Waals surface area (Å²) in [7, 11) is 0. The van der Waals surface area contributed by atoms with Crippen LogP contribution in [0.3, 0.4) is 0 Å². The molecule has 0 radical (unpaired) electrons. The largest absolute Gasteiger partial charge is 0.456 e. The molecule has 0 bridgehead atoms. The third-order valence-corrected chi connectivity index (χ3v) is 2.07. The van der Waals surface area contributed by atoms with Crippen LogP contribution in [0.4, 0.5) is 8.78 Å². The topological polar surface area (TPSA) is 63.0 Å². The number of pyridine rings is 1. The van der Waals surface area contributed by atoms with E-state index in [1.54, 1.807) is 6.92 Å². The Kier molecular flexibility index (Phi) is 4.65. The van der Waals surface area contributed by atoms with Crippen molar-refractivity contribution in [2.45, 2.75) is 20.3 Å². The zero-order valence-corrected chi connectivity index (χ0v) is 9.91. The maximum absolute atomic E-state index is 12.6. The van der Waals surface area contributed by atoms with Crippen LogP contribution >= 0.6 is 0 Å². The molecule has 18 heavy (non-hydrogen) atoms. The van der Waals surface area contributed by atoms with Crippen molar-refractivity contribution in [3.63, 3.8) is 0 Å². The quantitative estimate of drug-likeness (QED) is 0.498. The molecule has 0 aliphatic carbocycles. The van der Waals surface area contributed by atoms with Gasteiger partial charge in [0.2, 0.25) is 0 Å². The average molecular weight is 254 g/mol. The first-order valence-corrected chi connectivity index (χ1v) is 5.13. The molecule has 0 saturated heterocycles. The first kappa shape index (κ1) is 14.0. The molecule has 1 heterocycles. The third-order valence-electron chi connectivity index (χ3n) is 2.07. The van der Waals surface area contributed by atoms with Crippen molar-refractivity contribution in [3.8, 4) is 5.75 Å². The number of hydrogen-bond donors (Lipinski definition) is 1. The maximum Gasteiger partial charge on any atom is 0.280 e. The second-order valence-electron chi connectivity index (χ2n) is 3.41. The lowest BCUT2D eigenvalue weighted by Gasteiger charge is -2.08. The molecule has 0 amide bonds. The lowest BCUT2D eigenvalue weighted by Crippen LogP contribution is -2.04. The van der Waals surface area contributed by atoms with Crippen molar-refractivity contribution in [2.75, 3.05) is 0 Å². The van der Waals surface area contributed by atoms with Crippen LogP contribution in [0.2, 0.25) is 0 Å². The lowest BCUT2D eigenvalue weighted by atomic mass is 10.2. The summed E-state index contributed by atoms with van der Waals surface area (Å²) in [5.74, 6) is -0.183. The molecule has 0 spiro atoms. The van der Waals surface area contributed by atoms with Crippen LogP contribution in [0.15, 0.2) is 24.0 Å². The fourth-order valence-electron chi connectivity index (χ4n) is 1.18. The van der Waals surface area contributed by atoms with E-state index in [0.29, 0.717) is 0 Å². The van der Waals surface area contributed by atoms with Gasteiger partial charge in [0.05, 0.1) is 6.21 Å². The van der Waals surface area contributed by atoms with E-state index in [0.717, 1.165) is 12.3 Å². The van der Waals surface area contributed by atoms with E-state index in [1.165, 1.54) is 19.1 Å². The minimum atomic E-state index is -2.79. The molecule has 0 fully saturated rings. The molecule has 0 saturated carbocycles. The number of Topliss-reactive ketones (excluding diaryl/α,β-unsaturated/α-hetero) is 1. The minimum Gasteiger partial charge on any atom is -0.456 e. The SMILES string of the molecule is CC=C(C=N)Oc1cc(C(C)=O)nc(C(F)F)c1. The standard InChI is InChI=1S/C12H12F2N2O2/c1-3-8(6-15)18-9-4-10(7(2)17)16-11(5-9)12(13)14/h3-6,12,15H,1-2H3. The van der Waals surface area contributed by atoms with E-state index in [9.17, 15) is 13.6 Å². The van der Waals surface area contributed by atoms with Gasteiger partial charge in [0.25, 0.3) is 6.43 Å². The molecule has 0 atom stereocenters. The molecule has 0 unspecified atom stereocenters. The van der Waals surface area contributed by atoms with Crippen LogP contribution in [0.5, 0.6) is 5.75 Å². The molecule has 0 aromatic carbocycles. The molecule has 0 aliphatic heterocycles. The Morgan fingerprint density at radius 3 is 2.61 bits per heavy atom. The zero-order chi connectivity index (χ0) is 13.7. The molecule has 1 rings (SSSR count). The fraction of sp³-hybridized carbons (Fsp3) is 0.250. The number of nitrogens with zero attached hydrogens (tertiary/aromatic N) is 1. The Morgan fingerprint density at radius 1 is 1.50 bits per heavy atom. The highest BCUT2D eigenvalue weighted by Gasteiger charge is 2.14. The normalized spacial score (nSPS) is 11.5. The van der Waals surface area contributed by atoms with Crippen LogP contribution in [-0.2, 0) is 0 Å². The molecular formula is C12H12F2N2O2. The third kappa shape index (κ3) is 3.44. The van der Waals surface area contributed by atoms with E-state index in [4.69, 9.17) is 10.1 Å². The average Bonchev–Trinajstić information content (AvgIpc) is 2.35. The van der Waals surface area contributed by atoms with Crippen molar-refractivity contribution in [1.82, 2.24) is 4.98 Å². The van der Waals surface area contributed by atoms with Crippen LogP contribution in [0.25, 0.3) is 0 Å². The summed E-state index contributed by atoms with van der Waals surface area (Å²) in [4.78, 5) is 14.7. The summed E-state index contributed by atoms with van der Waals surface area (Å²) in [6.07, 6.45) is -0.348. The van der Waals surface area contributed by atoms with Crippen LogP contribution in [0.1, 0.15) is 36.5 Å². The van der Waals surface area contributed by atoms with E-state index in [2.05, 4.69) is 4.98 Å². The van der Waals surface area contributed by atoms with Crippen LogP contribution in [-0.4, -0.2) is 17.0 Å². The summed E-state index contributed by atoms with van der Waals surface area (Å²) in [6.45, 7) is 2.87. The number of ether oxygens (including phenoxy) is 1. The number of alkyl halides is 2. The van der Waals surface area contributed by atoms with Gasteiger partial charge in [0, 0.05) is 19.1 Å². The Balaban J connectivity index is 3.18. The molecule has 1 aromatic heterocycles. The van der Waals surface area contributed by atoms with E-state index < -0.39 is 17.9 Å². The zero-order valence-electron chi connectivity index (χ0n) is 9.91. The van der Waals surface area contributed by atoms with Crippen molar-refractivity contribution < 1.29 is 18.3 Å². The van der Waals surface area contributed by atoms with Crippen molar-refractivity contribution in [2.24, 2.45) is 0 Å². The maximum atomic E-state index is 12.6. The van der Waals surface area contributed by atoms with Crippen molar-refractivity contribution >= 4 is 12.0 Å². The van der Waals surface area contributed by atoms with Crippen molar-refractivity contribution in [1.29, 1.82) is 5.41 Å². The van der Waals surface area contributed by atoms with Gasteiger partial charge in [-0.3, -0.25) is 4.79 Å².